The third-order valence-corrected chi connectivity index (χ3v) is 1.79. The highest BCUT2D eigenvalue weighted by Gasteiger charge is 2.37. The summed E-state index contributed by atoms with van der Waals surface area (Å²) in [5, 5.41) is 6.28. The van der Waals surface area contributed by atoms with Crippen LogP contribution in [0.25, 0.3) is 0 Å². The molecule has 1 aromatic heterocycles. The van der Waals surface area contributed by atoms with Crippen LogP contribution in [-0.4, -0.2) is 21.3 Å². The van der Waals surface area contributed by atoms with Gasteiger partial charge in [0.15, 0.2) is 0 Å². The van der Waals surface area contributed by atoms with Gasteiger partial charge in [0, 0.05) is 6.54 Å². The maximum Gasteiger partial charge on any atom is 0.453 e. The molecule has 0 saturated carbocycles. The van der Waals surface area contributed by atoms with Crippen LogP contribution < -0.4 is 5.32 Å². The molecule has 1 aromatic rings. The minimum Gasteiger partial charge on any atom is -0.308 e. The van der Waals surface area contributed by atoms with Crippen molar-refractivity contribution in [2.45, 2.75) is 19.3 Å². The molecule has 1 aliphatic heterocycles. The summed E-state index contributed by atoms with van der Waals surface area (Å²) in [7, 11) is 0. The minimum absolute atomic E-state index is 0. The molecule has 1 aliphatic rings. The van der Waals surface area contributed by atoms with Crippen LogP contribution in [0, 0.1) is 0 Å². The van der Waals surface area contributed by atoms with Crippen LogP contribution in [0.1, 0.15) is 11.6 Å². The first kappa shape index (κ1) is 11.3. The van der Waals surface area contributed by atoms with E-state index in [1.807, 2.05) is 0 Å². The zero-order valence-corrected chi connectivity index (χ0v) is 7.82. The normalized spacial score (nSPS) is 15.9. The summed E-state index contributed by atoms with van der Waals surface area (Å²) in [5.41, 5.74) is 0. The summed E-state index contributed by atoms with van der Waals surface area (Å²) in [6.07, 6.45) is -4.44. The average Bonchev–Trinajstić information content (AvgIpc) is 2.45. The molecular formula is C6H8ClF3N4. The summed E-state index contributed by atoms with van der Waals surface area (Å²) in [4.78, 5) is 3.39. The van der Waals surface area contributed by atoms with Crippen molar-refractivity contribution in [3.63, 3.8) is 0 Å². The maximum atomic E-state index is 12.1. The van der Waals surface area contributed by atoms with Crippen molar-refractivity contribution in [3.8, 4) is 0 Å². The lowest BCUT2D eigenvalue weighted by atomic mass is 10.4. The van der Waals surface area contributed by atoms with Crippen LogP contribution in [0.3, 0.4) is 0 Å². The number of hydrogen-bond acceptors (Lipinski definition) is 3. The topological polar surface area (TPSA) is 42.7 Å². The smallest absolute Gasteiger partial charge is 0.308 e. The monoisotopic (exact) mass is 228 g/mol. The highest BCUT2D eigenvalue weighted by molar-refractivity contribution is 5.85. The Kier molecular flexibility index (Phi) is 3.01. The predicted octanol–water partition coefficient (Wildman–Crippen LogP) is 0.822. The first-order chi connectivity index (χ1) is 6.07. The Hall–Kier alpha value is -0.820. The lowest BCUT2D eigenvalue weighted by Crippen LogP contribution is -2.28. The van der Waals surface area contributed by atoms with Gasteiger partial charge in [-0.05, 0) is 0 Å². The molecule has 0 aliphatic carbocycles. The van der Waals surface area contributed by atoms with Crippen LogP contribution >= 0.6 is 12.4 Å². The molecule has 0 unspecified atom stereocenters. The third-order valence-electron chi connectivity index (χ3n) is 1.79. The standard InChI is InChI=1S/C6H7F3N4.ClH/c7-6(8,9)5-11-4-3-10-1-2-13(4)12-5;/h10H,1-3H2;1H. The fourth-order valence-corrected chi connectivity index (χ4v) is 1.19. The number of nitrogens with zero attached hydrogens (tertiary/aromatic N) is 3. The summed E-state index contributed by atoms with van der Waals surface area (Å²) in [6, 6.07) is 0. The second-order valence-corrected chi connectivity index (χ2v) is 2.75. The van der Waals surface area contributed by atoms with E-state index in [9.17, 15) is 13.2 Å². The molecule has 0 amide bonds. The lowest BCUT2D eigenvalue weighted by molar-refractivity contribution is -0.145. The van der Waals surface area contributed by atoms with Crippen molar-refractivity contribution < 1.29 is 13.2 Å². The van der Waals surface area contributed by atoms with Gasteiger partial charge in [-0.25, -0.2) is 9.67 Å². The van der Waals surface area contributed by atoms with E-state index in [2.05, 4.69) is 15.4 Å². The Bertz CT molecular complexity index is 298. The van der Waals surface area contributed by atoms with Crippen LogP contribution in [-0.2, 0) is 19.3 Å². The van der Waals surface area contributed by atoms with Crippen molar-refractivity contribution in [1.82, 2.24) is 20.1 Å². The molecule has 80 valence electrons. The maximum absolute atomic E-state index is 12.1. The first-order valence-electron chi connectivity index (χ1n) is 3.79. The molecule has 0 fully saturated rings. The van der Waals surface area contributed by atoms with E-state index in [0.717, 1.165) is 0 Å². The van der Waals surface area contributed by atoms with Gasteiger partial charge >= 0.3 is 6.18 Å². The largest absolute Gasteiger partial charge is 0.453 e. The van der Waals surface area contributed by atoms with Gasteiger partial charge in [-0.3, -0.25) is 0 Å². The molecule has 8 heteroatoms. The van der Waals surface area contributed by atoms with Crippen molar-refractivity contribution >= 4 is 12.4 Å². The first-order valence-corrected chi connectivity index (χ1v) is 3.79. The Labute approximate surface area is 83.9 Å². The molecule has 2 rings (SSSR count). The van der Waals surface area contributed by atoms with Gasteiger partial charge in [0.25, 0.3) is 5.82 Å². The number of aromatic nitrogens is 3. The van der Waals surface area contributed by atoms with Crippen LogP contribution in [0.5, 0.6) is 0 Å². The third kappa shape index (κ3) is 1.98. The van der Waals surface area contributed by atoms with E-state index in [1.165, 1.54) is 4.68 Å². The second-order valence-electron chi connectivity index (χ2n) is 2.75. The number of rotatable bonds is 0. The summed E-state index contributed by atoms with van der Waals surface area (Å²) >= 11 is 0. The van der Waals surface area contributed by atoms with Gasteiger partial charge in [-0.1, -0.05) is 0 Å². The van der Waals surface area contributed by atoms with Crippen molar-refractivity contribution in [1.29, 1.82) is 0 Å². The number of nitrogens with one attached hydrogen (secondary N) is 1. The fourth-order valence-electron chi connectivity index (χ4n) is 1.19. The zero-order chi connectivity index (χ0) is 9.47. The summed E-state index contributed by atoms with van der Waals surface area (Å²) < 4.78 is 37.6. The quantitative estimate of drug-likeness (QED) is 0.715. The summed E-state index contributed by atoms with van der Waals surface area (Å²) in [5.74, 6) is -0.704. The Balaban J connectivity index is 0.000000980. The fraction of sp³-hybridized carbons (Fsp3) is 0.667. The highest BCUT2D eigenvalue weighted by atomic mass is 35.5. The molecule has 14 heavy (non-hydrogen) atoms. The molecule has 0 aromatic carbocycles. The number of alkyl halides is 3. The van der Waals surface area contributed by atoms with E-state index in [1.54, 1.807) is 0 Å². The SMILES string of the molecule is Cl.FC(F)(F)c1nc2n(n1)CCNC2. The average molecular weight is 229 g/mol. The highest BCUT2D eigenvalue weighted by Crippen LogP contribution is 2.26. The predicted molar refractivity (Wildman–Crippen MR) is 44.0 cm³/mol. The number of halogens is 4. The molecule has 2 heterocycles. The molecular weight excluding hydrogens is 221 g/mol. The Morgan fingerprint density at radius 1 is 1.36 bits per heavy atom. The van der Waals surface area contributed by atoms with Gasteiger partial charge in [-0.15, -0.1) is 17.5 Å². The molecule has 0 spiro atoms. The molecule has 4 nitrogen and oxygen atoms in total. The van der Waals surface area contributed by atoms with Crippen LogP contribution in [0.15, 0.2) is 0 Å². The number of hydrogen-bond donors (Lipinski definition) is 1. The molecule has 0 bridgehead atoms. The molecule has 1 N–H and O–H groups in total. The van der Waals surface area contributed by atoms with Gasteiger partial charge in [0.2, 0.25) is 0 Å². The minimum atomic E-state index is -4.44. The van der Waals surface area contributed by atoms with Gasteiger partial charge in [0.1, 0.15) is 5.82 Å². The van der Waals surface area contributed by atoms with Gasteiger partial charge in [-0.2, -0.15) is 13.2 Å². The van der Waals surface area contributed by atoms with Crippen LogP contribution in [0.4, 0.5) is 13.2 Å². The van der Waals surface area contributed by atoms with E-state index < -0.39 is 12.0 Å². The van der Waals surface area contributed by atoms with Crippen molar-refractivity contribution in [2.75, 3.05) is 6.54 Å². The molecule has 0 saturated heterocycles. The molecule has 0 atom stereocenters. The Morgan fingerprint density at radius 3 is 2.64 bits per heavy atom. The van der Waals surface area contributed by atoms with Crippen molar-refractivity contribution in [3.05, 3.63) is 11.6 Å². The Morgan fingerprint density at radius 2 is 2.07 bits per heavy atom. The number of fused-ring (bicyclic) bond motifs is 1. The van der Waals surface area contributed by atoms with Crippen molar-refractivity contribution in [2.24, 2.45) is 0 Å². The van der Waals surface area contributed by atoms with Gasteiger partial charge in [0.05, 0.1) is 13.1 Å². The van der Waals surface area contributed by atoms with E-state index in [4.69, 9.17) is 0 Å². The van der Waals surface area contributed by atoms with E-state index in [-0.39, 0.29) is 12.4 Å². The second kappa shape index (κ2) is 3.74. The van der Waals surface area contributed by atoms with Crippen LogP contribution in [0.2, 0.25) is 0 Å². The molecule has 0 radical (unpaired) electrons. The van der Waals surface area contributed by atoms with E-state index >= 15 is 0 Å². The van der Waals surface area contributed by atoms with Gasteiger partial charge < -0.3 is 5.32 Å². The lowest BCUT2D eigenvalue weighted by Gasteiger charge is -2.11. The van der Waals surface area contributed by atoms with E-state index in [0.29, 0.717) is 25.5 Å². The summed E-state index contributed by atoms with van der Waals surface area (Å²) in [6.45, 7) is 1.43. The zero-order valence-electron chi connectivity index (χ0n) is 7.01.